The van der Waals surface area contributed by atoms with Gasteiger partial charge in [0.1, 0.15) is 0 Å². The third-order valence-corrected chi connectivity index (χ3v) is 6.61. The number of aliphatic imine (C=N–C) groups is 1. The van der Waals surface area contributed by atoms with Crippen LogP contribution < -0.4 is 4.74 Å². The average molecular weight is 523 g/mol. The summed E-state index contributed by atoms with van der Waals surface area (Å²) in [5.41, 5.74) is 2.87. The van der Waals surface area contributed by atoms with E-state index in [0.717, 1.165) is 16.7 Å². The zero-order valence-corrected chi connectivity index (χ0v) is 20.5. The molecule has 1 saturated heterocycles. The van der Waals surface area contributed by atoms with Gasteiger partial charge < -0.3 is 9.84 Å². The number of phenols is 1. The minimum absolute atomic E-state index is 0.0419. The molecule has 1 amide bonds. The number of hydrogen-bond donors (Lipinski definition) is 1. The largest absolute Gasteiger partial charge is 0.503 e. The van der Waals surface area contributed by atoms with E-state index in [1.807, 2.05) is 73.7 Å². The Kier molecular flexibility index (Phi) is 7.52. The van der Waals surface area contributed by atoms with Gasteiger partial charge in [0, 0.05) is 0 Å². The van der Waals surface area contributed by atoms with Crippen molar-refractivity contribution in [3.63, 3.8) is 0 Å². The molecular formula is C26H23BrN2O3S. The molecule has 1 aliphatic rings. The summed E-state index contributed by atoms with van der Waals surface area (Å²) in [7, 11) is 0. The molecule has 1 fully saturated rings. The Bertz CT molecular complexity index is 1200. The summed E-state index contributed by atoms with van der Waals surface area (Å²) < 4.78 is 6.03. The van der Waals surface area contributed by atoms with Crippen LogP contribution in [-0.2, 0) is 17.9 Å². The Morgan fingerprint density at radius 2 is 1.73 bits per heavy atom. The lowest BCUT2D eigenvalue weighted by molar-refractivity contribution is -0.122. The molecule has 33 heavy (non-hydrogen) atoms. The molecular weight excluding hydrogens is 500 g/mol. The van der Waals surface area contributed by atoms with Crippen molar-refractivity contribution in [3.8, 4) is 11.5 Å². The number of thioether (sulfide) groups is 1. The highest BCUT2D eigenvalue weighted by atomic mass is 79.9. The van der Waals surface area contributed by atoms with Gasteiger partial charge in [-0.25, -0.2) is 0 Å². The molecule has 0 spiro atoms. The summed E-state index contributed by atoms with van der Waals surface area (Å²) in [6.07, 6.45) is 1.81. The van der Waals surface area contributed by atoms with Gasteiger partial charge in [0.15, 0.2) is 16.7 Å². The van der Waals surface area contributed by atoms with Gasteiger partial charge in [0.25, 0.3) is 5.91 Å². The Morgan fingerprint density at radius 3 is 2.39 bits per heavy atom. The molecule has 1 aliphatic heterocycles. The lowest BCUT2D eigenvalue weighted by Gasteiger charge is -2.15. The molecule has 0 atom stereocenters. The van der Waals surface area contributed by atoms with Crippen LogP contribution in [0, 0.1) is 0 Å². The van der Waals surface area contributed by atoms with Crippen molar-refractivity contribution in [3.05, 3.63) is 98.9 Å². The predicted octanol–water partition coefficient (Wildman–Crippen LogP) is 6.23. The van der Waals surface area contributed by atoms with Crippen molar-refractivity contribution in [1.82, 2.24) is 4.90 Å². The Morgan fingerprint density at radius 1 is 1.06 bits per heavy atom. The molecule has 0 saturated carbocycles. The molecule has 4 rings (SSSR count). The molecule has 0 unspecified atom stereocenters. The first kappa shape index (κ1) is 23.1. The Hall–Kier alpha value is -3.03. The van der Waals surface area contributed by atoms with Crippen LogP contribution in [0.15, 0.2) is 87.2 Å². The third-order valence-electron chi connectivity index (χ3n) is 4.96. The molecule has 7 heteroatoms. The number of hydrogen-bond acceptors (Lipinski definition) is 5. The van der Waals surface area contributed by atoms with Crippen LogP contribution in [-0.4, -0.2) is 27.7 Å². The molecule has 0 radical (unpaired) electrons. The topological polar surface area (TPSA) is 62.1 Å². The zero-order valence-electron chi connectivity index (χ0n) is 18.1. The second-order valence-corrected chi connectivity index (χ2v) is 9.22. The van der Waals surface area contributed by atoms with E-state index < -0.39 is 0 Å². The molecule has 0 aliphatic carbocycles. The number of aromatic hydroxyl groups is 1. The van der Waals surface area contributed by atoms with Crippen LogP contribution in [0.3, 0.4) is 0 Å². The molecule has 1 heterocycles. The van der Waals surface area contributed by atoms with Gasteiger partial charge in [-0.3, -0.25) is 14.7 Å². The van der Waals surface area contributed by atoms with E-state index >= 15 is 0 Å². The van der Waals surface area contributed by atoms with Crippen molar-refractivity contribution >= 4 is 44.8 Å². The smallest absolute Gasteiger partial charge is 0.267 e. The fourth-order valence-corrected chi connectivity index (χ4v) is 4.80. The lowest BCUT2D eigenvalue weighted by Crippen LogP contribution is -2.28. The van der Waals surface area contributed by atoms with Crippen LogP contribution in [0.2, 0.25) is 0 Å². The van der Waals surface area contributed by atoms with Crippen molar-refractivity contribution in [2.24, 2.45) is 4.99 Å². The van der Waals surface area contributed by atoms with E-state index in [0.29, 0.717) is 40.0 Å². The Labute approximate surface area is 205 Å². The van der Waals surface area contributed by atoms with E-state index in [-0.39, 0.29) is 11.7 Å². The first-order valence-electron chi connectivity index (χ1n) is 10.5. The first-order valence-corrected chi connectivity index (χ1v) is 12.1. The number of ether oxygens (including phenoxy) is 1. The van der Waals surface area contributed by atoms with E-state index in [4.69, 9.17) is 9.73 Å². The molecule has 3 aromatic carbocycles. The molecule has 0 bridgehead atoms. The zero-order chi connectivity index (χ0) is 23.2. The summed E-state index contributed by atoms with van der Waals surface area (Å²) in [5, 5.41) is 10.9. The van der Waals surface area contributed by atoms with Gasteiger partial charge in [0.05, 0.1) is 29.1 Å². The van der Waals surface area contributed by atoms with Crippen LogP contribution >= 0.6 is 27.7 Å². The summed E-state index contributed by atoms with van der Waals surface area (Å²) >= 11 is 4.72. The van der Waals surface area contributed by atoms with Gasteiger partial charge in [-0.2, -0.15) is 0 Å². The highest BCUT2D eigenvalue weighted by molar-refractivity contribution is 9.10. The van der Waals surface area contributed by atoms with Crippen LogP contribution in [0.4, 0.5) is 0 Å². The highest BCUT2D eigenvalue weighted by Gasteiger charge is 2.33. The maximum Gasteiger partial charge on any atom is 0.267 e. The highest BCUT2D eigenvalue weighted by Crippen LogP contribution is 2.38. The molecule has 168 valence electrons. The quantitative estimate of drug-likeness (QED) is 0.373. The van der Waals surface area contributed by atoms with Crippen LogP contribution in [0.1, 0.15) is 23.6 Å². The lowest BCUT2D eigenvalue weighted by atomic mass is 10.1. The van der Waals surface area contributed by atoms with E-state index in [2.05, 4.69) is 15.9 Å². The SMILES string of the molecule is CCOc1cc(/C=C2\SC(=NCc3ccccc3)N(Cc3ccccc3)C2=O)cc(Br)c1O. The van der Waals surface area contributed by atoms with Gasteiger partial charge in [-0.15, -0.1) is 0 Å². The molecule has 5 nitrogen and oxygen atoms in total. The fourth-order valence-electron chi connectivity index (χ4n) is 3.37. The second kappa shape index (κ2) is 10.7. The van der Waals surface area contributed by atoms with Crippen molar-refractivity contribution in [2.45, 2.75) is 20.0 Å². The number of carbonyl (C=O) groups is 1. The summed E-state index contributed by atoms with van der Waals surface area (Å²) in [6.45, 7) is 3.22. The number of phenolic OH excluding ortho intramolecular Hbond substituents is 1. The van der Waals surface area contributed by atoms with Gasteiger partial charge in [-0.05, 0) is 69.5 Å². The van der Waals surface area contributed by atoms with Crippen LogP contribution in [0.25, 0.3) is 6.08 Å². The molecule has 1 N–H and O–H groups in total. The predicted molar refractivity (Wildman–Crippen MR) is 137 cm³/mol. The van der Waals surface area contributed by atoms with Gasteiger partial charge >= 0.3 is 0 Å². The van der Waals surface area contributed by atoms with E-state index in [1.54, 1.807) is 17.0 Å². The first-order chi connectivity index (χ1) is 16.0. The molecule has 3 aromatic rings. The monoisotopic (exact) mass is 522 g/mol. The standard InChI is InChI=1S/C26H23BrN2O3S/c1-2-32-22-14-20(13-21(27)24(22)30)15-23-25(31)29(17-19-11-7-4-8-12-19)26(33-23)28-16-18-9-5-3-6-10-18/h3-15,30H,2,16-17H2,1H3/b23-15-,28-26?. The normalized spacial score (nSPS) is 16.1. The van der Waals surface area contributed by atoms with E-state index in [9.17, 15) is 9.90 Å². The van der Waals surface area contributed by atoms with Gasteiger partial charge in [-0.1, -0.05) is 60.7 Å². The number of nitrogens with zero attached hydrogens (tertiary/aromatic N) is 2. The molecule has 0 aromatic heterocycles. The Balaban J connectivity index is 1.66. The van der Waals surface area contributed by atoms with Crippen molar-refractivity contribution < 1.29 is 14.6 Å². The van der Waals surface area contributed by atoms with Gasteiger partial charge in [0.2, 0.25) is 0 Å². The fraction of sp³-hybridized carbons (Fsp3) is 0.154. The summed E-state index contributed by atoms with van der Waals surface area (Å²) in [6, 6.07) is 23.3. The number of rotatable bonds is 7. The summed E-state index contributed by atoms with van der Waals surface area (Å²) in [5.74, 6) is 0.311. The minimum atomic E-state index is -0.0992. The maximum absolute atomic E-state index is 13.4. The maximum atomic E-state index is 13.4. The number of amidine groups is 1. The number of amides is 1. The van der Waals surface area contributed by atoms with Crippen molar-refractivity contribution in [1.29, 1.82) is 0 Å². The van der Waals surface area contributed by atoms with Crippen LogP contribution in [0.5, 0.6) is 11.5 Å². The average Bonchev–Trinajstić information content (AvgIpc) is 3.11. The van der Waals surface area contributed by atoms with E-state index in [1.165, 1.54) is 11.8 Å². The number of benzene rings is 3. The van der Waals surface area contributed by atoms with Crippen molar-refractivity contribution in [2.75, 3.05) is 6.61 Å². The third kappa shape index (κ3) is 5.67. The summed E-state index contributed by atoms with van der Waals surface area (Å²) in [4.78, 5) is 20.4. The number of halogens is 1. The number of carbonyl (C=O) groups excluding carboxylic acids is 1. The minimum Gasteiger partial charge on any atom is -0.503 e. The second-order valence-electron chi connectivity index (χ2n) is 7.35.